The lowest BCUT2D eigenvalue weighted by molar-refractivity contribution is 0.470. The van der Waals surface area contributed by atoms with Crippen LogP contribution in [0.3, 0.4) is 0 Å². The predicted octanol–water partition coefficient (Wildman–Crippen LogP) is 3.34. The van der Waals surface area contributed by atoms with Crippen LogP contribution in [0.2, 0.25) is 0 Å². The molecule has 72 valence electrons. The fourth-order valence-corrected chi connectivity index (χ4v) is 2.02. The zero-order valence-electron chi connectivity index (χ0n) is 8.21. The van der Waals surface area contributed by atoms with Gasteiger partial charge in [-0.3, -0.25) is 0 Å². The molecule has 0 radical (unpaired) electrons. The molecule has 0 fully saturated rings. The van der Waals surface area contributed by atoms with E-state index >= 15 is 0 Å². The molecule has 0 bridgehead atoms. The minimum Gasteiger partial charge on any atom is -0.508 e. The van der Waals surface area contributed by atoms with Crippen LogP contribution >= 0.6 is 11.8 Å². The number of phenols is 1. The van der Waals surface area contributed by atoms with Crippen LogP contribution in [-0.4, -0.2) is 10.9 Å². The number of aryl methyl sites for hydroxylation is 1. The summed E-state index contributed by atoms with van der Waals surface area (Å²) in [6.45, 7) is 4.16. The van der Waals surface area contributed by atoms with Crippen molar-refractivity contribution in [1.82, 2.24) is 0 Å². The molecule has 0 unspecified atom stereocenters. The SMILES string of the molecule is CCCSCc1ccc(C)cc1O. The van der Waals surface area contributed by atoms with Crippen molar-refractivity contribution < 1.29 is 5.11 Å². The maximum Gasteiger partial charge on any atom is 0.119 e. The van der Waals surface area contributed by atoms with E-state index in [-0.39, 0.29) is 0 Å². The molecule has 0 heterocycles. The first-order valence-corrected chi connectivity index (χ1v) is 5.75. The second-order valence-electron chi connectivity index (χ2n) is 3.18. The first-order chi connectivity index (χ1) is 6.24. The van der Waals surface area contributed by atoms with Gasteiger partial charge in [-0.2, -0.15) is 11.8 Å². The number of hydrogen-bond donors (Lipinski definition) is 1. The molecule has 0 aromatic heterocycles. The monoisotopic (exact) mass is 196 g/mol. The third-order valence-electron chi connectivity index (χ3n) is 1.85. The van der Waals surface area contributed by atoms with Crippen molar-refractivity contribution in [3.05, 3.63) is 29.3 Å². The Morgan fingerprint density at radius 2 is 2.15 bits per heavy atom. The lowest BCUT2D eigenvalue weighted by Crippen LogP contribution is -1.84. The number of benzene rings is 1. The molecule has 1 aromatic carbocycles. The van der Waals surface area contributed by atoms with E-state index in [1.807, 2.05) is 36.9 Å². The molecule has 13 heavy (non-hydrogen) atoms. The van der Waals surface area contributed by atoms with E-state index < -0.39 is 0 Å². The lowest BCUT2D eigenvalue weighted by atomic mass is 10.1. The molecular weight excluding hydrogens is 180 g/mol. The fourth-order valence-electron chi connectivity index (χ4n) is 1.12. The number of thioether (sulfide) groups is 1. The molecule has 0 aliphatic heterocycles. The molecule has 0 aliphatic rings. The van der Waals surface area contributed by atoms with Crippen LogP contribution in [0.25, 0.3) is 0 Å². The maximum absolute atomic E-state index is 9.58. The highest BCUT2D eigenvalue weighted by Crippen LogP contribution is 2.23. The van der Waals surface area contributed by atoms with E-state index in [0.717, 1.165) is 22.6 Å². The van der Waals surface area contributed by atoms with Crippen molar-refractivity contribution in [3.8, 4) is 5.75 Å². The standard InChI is InChI=1S/C11H16OS/c1-3-6-13-8-10-5-4-9(2)7-11(10)12/h4-5,7,12H,3,6,8H2,1-2H3. The number of aromatic hydroxyl groups is 1. The average Bonchev–Trinajstić information content (AvgIpc) is 2.09. The number of phenolic OH excluding ortho intramolecular Hbond substituents is 1. The van der Waals surface area contributed by atoms with Crippen molar-refractivity contribution >= 4 is 11.8 Å². The molecule has 1 N–H and O–H groups in total. The van der Waals surface area contributed by atoms with Crippen LogP contribution in [0, 0.1) is 6.92 Å². The molecule has 1 nitrogen and oxygen atoms in total. The third kappa shape index (κ3) is 3.31. The van der Waals surface area contributed by atoms with Crippen LogP contribution in [0.1, 0.15) is 24.5 Å². The minimum atomic E-state index is 0.434. The van der Waals surface area contributed by atoms with Crippen molar-refractivity contribution in [2.24, 2.45) is 0 Å². The lowest BCUT2D eigenvalue weighted by Gasteiger charge is -2.04. The van der Waals surface area contributed by atoms with Gasteiger partial charge in [0.2, 0.25) is 0 Å². The van der Waals surface area contributed by atoms with Crippen molar-refractivity contribution in [2.45, 2.75) is 26.0 Å². The maximum atomic E-state index is 9.58. The predicted molar refractivity (Wildman–Crippen MR) is 59.3 cm³/mol. The van der Waals surface area contributed by atoms with Crippen molar-refractivity contribution in [2.75, 3.05) is 5.75 Å². The van der Waals surface area contributed by atoms with Crippen LogP contribution in [0.4, 0.5) is 0 Å². The summed E-state index contributed by atoms with van der Waals surface area (Å²) in [4.78, 5) is 0. The van der Waals surface area contributed by atoms with Gasteiger partial charge in [0.05, 0.1) is 0 Å². The van der Waals surface area contributed by atoms with E-state index in [1.54, 1.807) is 0 Å². The Morgan fingerprint density at radius 3 is 2.77 bits per heavy atom. The molecule has 0 amide bonds. The Balaban J connectivity index is 2.56. The Bertz CT molecular complexity index is 271. The van der Waals surface area contributed by atoms with Gasteiger partial charge in [0, 0.05) is 11.3 Å². The minimum absolute atomic E-state index is 0.434. The van der Waals surface area contributed by atoms with Crippen molar-refractivity contribution in [3.63, 3.8) is 0 Å². The molecule has 0 aliphatic carbocycles. The summed E-state index contributed by atoms with van der Waals surface area (Å²) in [5.74, 6) is 2.51. The highest BCUT2D eigenvalue weighted by Gasteiger charge is 2.00. The number of hydrogen-bond acceptors (Lipinski definition) is 2. The van der Waals surface area contributed by atoms with E-state index in [9.17, 15) is 5.11 Å². The Morgan fingerprint density at radius 1 is 1.38 bits per heavy atom. The Kier molecular flexibility index (Phi) is 4.16. The van der Waals surface area contributed by atoms with Gasteiger partial charge >= 0.3 is 0 Å². The molecule has 1 aromatic rings. The van der Waals surface area contributed by atoms with E-state index in [4.69, 9.17) is 0 Å². The normalized spacial score (nSPS) is 10.3. The molecular formula is C11H16OS. The fraction of sp³-hybridized carbons (Fsp3) is 0.455. The van der Waals surface area contributed by atoms with Crippen LogP contribution < -0.4 is 0 Å². The first-order valence-electron chi connectivity index (χ1n) is 4.60. The molecule has 1 rings (SSSR count). The Labute approximate surface area is 84.2 Å². The van der Waals surface area contributed by atoms with E-state index in [1.165, 1.54) is 6.42 Å². The van der Waals surface area contributed by atoms with Crippen LogP contribution in [-0.2, 0) is 5.75 Å². The van der Waals surface area contributed by atoms with E-state index in [2.05, 4.69) is 6.92 Å². The van der Waals surface area contributed by atoms with Gasteiger partial charge in [0.25, 0.3) is 0 Å². The summed E-state index contributed by atoms with van der Waals surface area (Å²) in [5.41, 5.74) is 2.16. The second-order valence-corrected chi connectivity index (χ2v) is 4.29. The summed E-state index contributed by atoms with van der Waals surface area (Å²) in [5, 5.41) is 9.58. The summed E-state index contributed by atoms with van der Waals surface area (Å²) >= 11 is 1.87. The quantitative estimate of drug-likeness (QED) is 0.745. The summed E-state index contributed by atoms with van der Waals surface area (Å²) in [6.07, 6.45) is 1.19. The van der Waals surface area contributed by atoms with Crippen LogP contribution in [0.5, 0.6) is 5.75 Å². The first kappa shape index (κ1) is 10.5. The van der Waals surface area contributed by atoms with Gasteiger partial charge in [-0.25, -0.2) is 0 Å². The third-order valence-corrected chi connectivity index (χ3v) is 3.06. The van der Waals surface area contributed by atoms with Gasteiger partial charge in [-0.05, 0) is 30.7 Å². The van der Waals surface area contributed by atoms with Crippen molar-refractivity contribution in [1.29, 1.82) is 0 Å². The largest absolute Gasteiger partial charge is 0.508 e. The molecule has 2 heteroatoms. The van der Waals surface area contributed by atoms with Gasteiger partial charge < -0.3 is 5.11 Å². The zero-order chi connectivity index (χ0) is 9.68. The summed E-state index contributed by atoms with van der Waals surface area (Å²) in [7, 11) is 0. The van der Waals surface area contributed by atoms with Gasteiger partial charge in [0.1, 0.15) is 5.75 Å². The van der Waals surface area contributed by atoms with Crippen LogP contribution in [0.15, 0.2) is 18.2 Å². The topological polar surface area (TPSA) is 20.2 Å². The molecule has 0 spiro atoms. The van der Waals surface area contributed by atoms with Gasteiger partial charge in [-0.15, -0.1) is 0 Å². The molecule has 0 saturated carbocycles. The zero-order valence-corrected chi connectivity index (χ0v) is 9.03. The summed E-state index contributed by atoms with van der Waals surface area (Å²) < 4.78 is 0. The number of rotatable bonds is 4. The van der Waals surface area contributed by atoms with Gasteiger partial charge in [0.15, 0.2) is 0 Å². The molecule has 0 saturated heterocycles. The second kappa shape index (κ2) is 5.18. The highest BCUT2D eigenvalue weighted by atomic mass is 32.2. The average molecular weight is 196 g/mol. The Hall–Kier alpha value is -0.630. The summed E-state index contributed by atoms with van der Waals surface area (Å²) in [6, 6.07) is 5.87. The van der Waals surface area contributed by atoms with Gasteiger partial charge in [-0.1, -0.05) is 19.1 Å². The van der Waals surface area contributed by atoms with E-state index in [0.29, 0.717) is 5.75 Å². The smallest absolute Gasteiger partial charge is 0.119 e. The highest BCUT2D eigenvalue weighted by molar-refractivity contribution is 7.98. The molecule has 0 atom stereocenters.